The van der Waals surface area contributed by atoms with Crippen LogP contribution in [0.5, 0.6) is 0 Å². The van der Waals surface area contributed by atoms with Crippen molar-refractivity contribution >= 4 is 47.4 Å². The van der Waals surface area contributed by atoms with E-state index in [4.69, 9.17) is 15.9 Å². The zero-order valence-corrected chi connectivity index (χ0v) is 18.3. The second-order valence-electron chi connectivity index (χ2n) is 6.77. The predicted octanol–water partition coefficient (Wildman–Crippen LogP) is -3.06. The number of aliphatic carboxylic acids is 3. The maximum Gasteiger partial charge on any atom is 0.326 e. The number of aliphatic hydroxyl groups excluding tert-OH is 1. The summed E-state index contributed by atoms with van der Waals surface area (Å²) in [7, 11) is 0. The number of hydrogen-bond donors (Lipinski definition) is 8. The summed E-state index contributed by atoms with van der Waals surface area (Å²) in [5.74, 6) is -7.37. The number of aliphatic hydroxyl groups is 1. The number of carbonyl (C=O) groups is 6. The molecule has 0 saturated heterocycles. The van der Waals surface area contributed by atoms with Crippen molar-refractivity contribution in [1.82, 2.24) is 16.0 Å². The molecule has 0 rings (SSSR count). The van der Waals surface area contributed by atoms with Gasteiger partial charge in [0.1, 0.15) is 24.2 Å². The van der Waals surface area contributed by atoms with Gasteiger partial charge in [-0.1, -0.05) is 0 Å². The van der Waals surface area contributed by atoms with Crippen LogP contribution in [0.1, 0.15) is 26.2 Å². The lowest BCUT2D eigenvalue weighted by Gasteiger charge is -2.24. The first kappa shape index (κ1) is 29.1. The number of hydrogen-bond acceptors (Lipinski definition) is 9. The van der Waals surface area contributed by atoms with E-state index in [1.165, 1.54) is 18.7 Å². The minimum absolute atomic E-state index is 0.0326. The maximum absolute atomic E-state index is 12.5. The van der Waals surface area contributed by atoms with Crippen molar-refractivity contribution in [3.05, 3.63) is 0 Å². The van der Waals surface area contributed by atoms with E-state index in [0.29, 0.717) is 5.75 Å². The molecule has 14 nitrogen and oxygen atoms in total. The van der Waals surface area contributed by atoms with E-state index in [9.17, 15) is 39.0 Å². The second-order valence-corrected chi connectivity index (χ2v) is 7.75. The smallest absolute Gasteiger partial charge is 0.326 e. The highest BCUT2D eigenvalue weighted by Gasteiger charge is 2.33. The summed E-state index contributed by atoms with van der Waals surface area (Å²) in [6, 6.07) is -6.33. The fourth-order valence-electron chi connectivity index (χ4n) is 2.29. The summed E-state index contributed by atoms with van der Waals surface area (Å²) in [5, 5.41) is 42.8. The lowest BCUT2D eigenvalue weighted by molar-refractivity contribution is -0.145. The van der Waals surface area contributed by atoms with Crippen LogP contribution in [0.3, 0.4) is 0 Å². The molecular formula is C17H28N4O10S. The Morgan fingerprint density at radius 2 is 1.22 bits per heavy atom. The van der Waals surface area contributed by atoms with E-state index in [1.54, 1.807) is 6.26 Å². The molecule has 0 aliphatic rings. The molecule has 0 aromatic rings. The van der Waals surface area contributed by atoms with Crippen molar-refractivity contribution in [2.45, 2.75) is 56.5 Å². The van der Waals surface area contributed by atoms with Crippen LogP contribution < -0.4 is 21.7 Å². The van der Waals surface area contributed by atoms with Crippen LogP contribution in [-0.4, -0.2) is 98.3 Å². The fourth-order valence-corrected chi connectivity index (χ4v) is 2.76. The van der Waals surface area contributed by atoms with Crippen molar-refractivity contribution in [1.29, 1.82) is 0 Å². The highest BCUT2D eigenvalue weighted by atomic mass is 32.2. The van der Waals surface area contributed by atoms with E-state index < -0.39 is 78.7 Å². The monoisotopic (exact) mass is 480 g/mol. The second kappa shape index (κ2) is 14.2. The summed E-state index contributed by atoms with van der Waals surface area (Å²) >= 11 is 1.32. The molecule has 0 heterocycles. The summed E-state index contributed by atoms with van der Waals surface area (Å²) in [6.45, 7) is 1.19. The zero-order chi connectivity index (χ0) is 25.0. The summed E-state index contributed by atoms with van der Waals surface area (Å²) in [6.07, 6.45) is -1.44. The van der Waals surface area contributed by atoms with Gasteiger partial charge in [-0.2, -0.15) is 11.8 Å². The third-order valence-corrected chi connectivity index (χ3v) is 4.72. The molecule has 0 aliphatic heterocycles. The minimum Gasteiger partial charge on any atom is -0.481 e. The maximum atomic E-state index is 12.5. The highest BCUT2D eigenvalue weighted by Crippen LogP contribution is 2.04. The Hall–Kier alpha value is -2.91. The first-order valence-corrected chi connectivity index (χ1v) is 10.7. The topological polar surface area (TPSA) is 245 Å². The molecule has 0 aromatic carbocycles. The molecule has 5 unspecified atom stereocenters. The van der Waals surface area contributed by atoms with Gasteiger partial charge >= 0.3 is 17.9 Å². The van der Waals surface area contributed by atoms with Gasteiger partial charge in [0.2, 0.25) is 17.7 Å². The first-order chi connectivity index (χ1) is 14.8. The molecule has 5 atom stereocenters. The van der Waals surface area contributed by atoms with Crippen molar-refractivity contribution < 1.29 is 49.2 Å². The highest BCUT2D eigenvalue weighted by molar-refractivity contribution is 7.98. The molecule has 0 fully saturated rings. The third kappa shape index (κ3) is 10.9. The van der Waals surface area contributed by atoms with Crippen molar-refractivity contribution in [3.63, 3.8) is 0 Å². The standard InChI is InChI=1S/C17H28N4O10S/c1-7(22)13(18)16(29)21-10(6-12(25)26)15(28)20-9(5-11(23)24)14(27)19-8(17(30)31)3-4-32-2/h7-10,13,22H,3-6,18H2,1-2H3,(H,19,27)(H,20,28)(H,21,29)(H,23,24)(H,25,26)(H,30,31). The molecule has 0 aliphatic carbocycles. The molecule has 0 bridgehead atoms. The van der Waals surface area contributed by atoms with Crippen molar-refractivity contribution in [2.24, 2.45) is 5.73 Å². The average Bonchev–Trinajstić information content (AvgIpc) is 2.67. The zero-order valence-electron chi connectivity index (χ0n) is 17.4. The number of amides is 3. The van der Waals surface area contributed by atoms with Crippen LogP contribution in [0, 0.1) is 0 Å². The van der Waals surface area contributed by atoms with Crippen molar-refractivity contribution in [2.75, 3.05) is 12.0 Å². The van der Waals surface area contributed by atoms with Crippen LogP contribution in [0.4, 0.5) is 0 Å². The number of nitrogens with one attached hydrogen (secondary N) is 3. The lowest BCUT2D eigenvalue weighted by Crippen LogP contribution is -2.58. The molecule has 182 valence electrons. The number of nitrogens with two attached hydrogens (primary N) is 1. The largest absolute Gasteiger partial charge is 0.481 e. The van der Waals surface area contributed by atoms with Gasteiger partial charge < -0.3 is 42.1 Å². The summed E-state index contributed by atoms with van der Waals surface area (Å²) < 4.78 is 0. The number of rotatable bonds is 15. The molecular weight excluding hydrogens is 452 g/mol. The summed E-state index contributed by atoms with van der Waals surface area (Å²) in [5.41, 5.74) is 5.44. The van der Waals surface area contributed by atoms with E-state index in [0.717, 1.165) is 0 Å². The summed E-state index contributed by atoms with van der Waals surface area (Å²) in [4.78, 5) is 70.4. The molecule has 15 heteroatoms. The number of carboxylic acids is 3. The van der Waals surface area contributed by atoms with Gasteiger partial charge in [-0.25, -0.2) is 4.79 Å². The normalized spacial score (nSPS) is 15.4. The van der Waals surface area contributed by atoms with Gasteiger partial charge in [-0.3, -0.25) is 24.0 Å². The Bertz CT molecular complexity index is 717. The Kier molecular flexibility index (Phi) is 12.9. The van der Waals surface area contributed by atoms with E-state index in [2.05, 4.69) is 5.32 Å². The molecule has 0 radical (unpaired) electrons. The van der Waals surface area contributed by atoms with Gasteiger partial charge in [0.25, 0.3) is 0 Å². The van der Waals surface area contributed by atoms with Gasteiger partial charge in [-0.05, 0) is 25.4 Å². The fraction of sp³-hybridized carbons (Fsp3) is 0.647. The molecule has 0 saturated carbocycles. The molecule has 9 N–H and O–H groups in total. The average molecular weight is 480 g/mol. The van der Waals surface area contributed by atoms with Crippen LogP contribution in [-0.2, 0) is 28.8 Å². The quantitative estimate of drug-likeness (QED) is 0.116. The van der Waals surface area contributed by atoms with E-state index >= 15 is 0 Å². The molecule has 0 spiro atoms. The molecule has 3 amide bonds. The Morgan fingerprint density at radius 1 is 0.812 bits per heavy atom. The first-order valence-electron chi connectivity index (χ1n) is 9.30. The third-order valence-electron chi connectivity index (χ3n) is 4.07. The Morgan fingerprint density at radius 3 is 1.56 bits per heavy atom. The van der Waals surface area contributed by atoms with Gasteiger partial charge in [0.15, 0.2) is 0 Å². The lowest BCUT2D eigenvalue weighted by atomic mass is 10.1. The SMILES string of the molecule is CSCCC(NC(=O)C(CC(=O)O)NC(=O)C(CC(=O)O)NC(=O)C(N)C(C)O)C(=O)O. The Labute approximate surface area is 187 Å². The van der Waals surface area contributed by atoms with Gasteiger partial charge in [0, 0.05) is 0 Å². The van der Waals surface area contributed by atoms with Crippen LogP contribution in [0.2, 0.25) is 0 Å². The van der Waals surface area contributed by atoms with Gasteiger partial charge in [-0.15, -0.1) is 0 Å². The predicted molar refractivity (Wildman–Crippen MR) is 111 cm³/mol. The number of carbonyl (C=O) groups excluding carboxylic acids is 3. The van der Waals surface area contributed by atoms with Crippen molar-refractivity contribution in [3.8, 4) is 0 Å². The van der Waals surface area contributed by atoms with Crippen LogP contribution in [0.25, 0.3) is 0 Å². The Balaban J connectivity index is 5.51. The van der Waals surface area contributed by atoms with Crippen LogP contribution in [0.15, 0.2) is 0 Å². The van der Waals surface area contributed by atoms with E-state index in [-0.39, 0.29) is 6.42 Å². The molecule has 0 aromatic heterocycles. The number of thioether (sulfide) groups is 1. The van der Waals surface area contributed by atoms with Crippen LogP contribution >= 0.6 is 11.8 Å². The van der Waals surface area contributed by atoms with Gasteiger partial charge in [0.05, 0.1) is 18.9 Å². The molecule has 32 heavy (non-hydrogen) atoms. The minimum atomic E-state index is -1.75. The number of carboxylic acid groups (broad SMARTS) is 3. The van der Waals surface area contributed by atoms with E-state index in [1.807, 2.05) is 10.6 Å².